The van der Waals surface area contributed by atoms with Gasteiger partial charge in [0, 0.05) is 18.5 Å². The number of nitrogens with zero attached hydrogens (tertiary/aromatic N) is 1. The Hall–Kier alpha value is -2.19. The van der Waals surface area contributed by atoms with Crippen LogP contribution in [-0.2, 0) is 6.67 Å². The largest absolute Gasteiger partial charge is 0.573 e. The molecule has 2 rings (SSSR count). The number of ether oxygens (including phenoxy) is 2. The molecule has 22 heavy (non-hydrogen) atoms. The summed E-state index contributed by atoms with van der Waals surface area (Å²) in [4.78, 5) is 11.9. The molecule has 1 aliphatic heterocycles. The Kier molecular flexibility index (Phi) is 4.62. The summed E-state index contributed by atoms with van der Waals surface area (Å²) in [5.41, 5.74) is -0.0875. The molecule has 1 N–H and O–H groups in total. The highest BCUT2D eigenvalue weighted by molar-refractivity contribution is 5.65. The van der Waals surface area contributed by atoms with Gasteiger partial charge in [-0.1, -0.05) is 0 Å². The van der Waals surface area contributed by atoms with Crippen LogP contribution in [0.2, 0.25) is 0 Å². The molecule has 1 unspecified atom stereocenters. The highest BCUT2D eigenvalue weighted by Gasteiger charge is 2.32. The highest BCUT2D eigenvalue weighted by atomic mass is 19.4. The summed E-state index contributed by atoms with van der Waals surface area (Å²) in [7, 11) is 0. The number of benzene rings is 1. The number of carbonyl (C=O) groups is 1. The van der Waals surface area contributed by atoms with Gasteiger partial charge in [-0.2, -0.15) is 0 Å². The van der Waals surface area contributed by atoms with Gasteiger partial charge in [-0.05, 0) is 18.2 Å². The zero-order valence-corrected chi connectivity index (χ0v) is 11.3. The molecule has 1 heterocycles. The number of amides is 1. The smallest absolute Gasteiger partial charge is 0.488 e. The van der Waals surface area contributed by atoms with E-state index in [-0.39, 0.29) is 17.9 Å². The summed E-state index contributed by atoms with van der Waals surface area (Å²) in [5, 5.41) is 8.83. The van der Waals surface area contributed by atoms with Crippen LogP contribution in [0, 0.1) is 0 Å². The van der Waals surface area contributed by atoms with Gasteiger partial charge < -0.3 is 19.5 Å². The third-order valence-corrected chi connectivity index (χ3v) is 3.12. The molecular weight excluding hydrogens is 310 g/mol. The van der Waals surface area contributed by atoms with Gasteiger partial charge in [0.15, 0.2) is 0 Å². The first-order valence-electron chi connectivity index (χ1n) is 6.37. The van der Waals surface area contributed by atoms with Crippen molar-refractivity contribution in [2.75, 3.05) is 13.1 Å². The van der Waals surface area contributed by atoms with Gasteiger partial charge >= 0.3 is 12.5 Å². The molecule has 0 bridgehead atoms. The van der Waals surface area contributed by atoms with E-state index in [0.717, 1.165) is 17.0 Å². The van der Waals surface area contributed by atoms with Crippen LogP contribution >= 0.6 is 0 Å². The molecule has 1 saturated heterocycles. The van der Waals surface area contributed by atoms with E-state index in [1.807, 2.05) is 0 Å². The maximum Gasteiger partial charge on any atom is 0.573 e. The SMILES string of the molecule is O=C(O)N1CCC(Oc2ccc(OC(F)(F)F)cc2CF)C1. The molecule has 1 atom stereocenters. The number of halogens is 4. The minimum atomic E-state index is -4.86. The Morgan fingerprint density at radius 2 is 2.14 bits per heavy atom. The molecule has 0 radical (unpaired) electrons. The number of hydrogen-bond donors (Lipinski definition) is 1. The van der Waals surface area contributed by atoms with Crippen LogP contribution in [0.4, 0.5) is 22.4 Å². The highest BCUT2D eigenvalue weighted by Crippen LogP contribution is 2.30. The van der Waals surface area contributed by atoms with Crippen molar-refractivity contribution in [3.8, 4) is 11.5 Å². The van der Waals surface area contributed by atoms with Gasteiger partial charge in [0.25, 0.3) is 0 Å². The molecule has 0 aliphatic carbocycles. The molecular formula is C13H13F4NO4. The van der Waals surface area contributed by atoms with Gasteiger partial charge in [0.05, 0.1) is 6.54 Å². The Balaban J connectivity index is 2.07. The third kappa shape index (κ3) is 4.15. The van der Waals surface area contributed by atoms with Crippen molar-refractivity contribution < 1.29 is 36.9 Å². The molecule has 0 spiro atoms. The number of hydrogen-bond acceptors (Lipinski definition) is 3. The number of rotatable bonds is 4. The van der Waals surface area contributed by atoms with Gasteiger partial charge in [-0.3, -0.25) is 0 Å². The van der Waals surface area contributed by atoms with E-state index in [1.165, 1.54) is 6.07 Å². The fourth-order valence-electron chi connectivity index (χ4n) is 2.15. The van der Waals surface area contributed by atoms with Crippen LogP contribution in [0.15, 0.2) is 18.2 Å². The van der Waals surface area contributed by atoms with Crippen LogP contribution < -0.4 is 9.47 Å². The van der Waals surface area contributed by atoms with E-state index in [2.05, 4.69) is 4.74 Å². The van der Waals surface area contributed by atoms with Crippen LogP contribution in [0.1, 0.15) is 12.0 Å². The number of alkyl halides is 4. The standard InChI is InChI=1S/C13H13F4NO4/c14-6-8-5-9(22-13(15,16)17)1-2-11(8)21-10-3-4-18(7-10)12(19)20/h1-2,5,10H,3-4,6-7H2,(H,19,20). The first kappa shape index (κ1) is 16.2. The predicted molar refractivity (Wildman–Crippen MR) is 66.6 cm³/mol. The lowest BCUT2D eigenvalue weighted by Gasteiger charge is -2.17. The van der Waals surface area contributed by atoms with Crippen LogP contribution in [-0.4, -0.2) is 41.7 Å². The molecule has 0 saturated carbocycles. The Bertz CT molecular complexity index is 549. The van der Waals surface area contributed by atoms with Crippen molar-refractivity contribution >= 4 is 6.09 Å². The second-order valence-electron chi connectivity index (χ2n) is 4.71. The normalized spacial score (nSPS) is 18.4. The fraction of sp³-hybridized carbons (Fsp3) is 0.462. The summed E-state index contributed by atoms with van der Waals surface area (Å²) < 4.78 is 58.5. The van der Waals surface area contributed by atoms with E-state index in [0.29, 0.717) is 13.0 Å². The average molecular weight is 323 g/mol. The Labute approximate surface area is 123 Å². The average Bonchev–Trinajstić information content (AvgIpc) is 2.87. The van der Waals surface area contributed by atoms with Crippen molar-refractivity contribution in [2.45, 2.75) is 25.6 Å². The van der Waals surface area contributed by atoms with Crippen molar-refractivity contribution in [3.63, 3.8) is 0 Å². The second kappa shape index (κ2) is 6.29. The molecule has 122 valence electrons. The van der Waals surface area contributed by atoms with Crippen LogP contribution in [0.5, 0.6) is 11.5 Å². The number of likely N-dealkylation sites (tertiary alicyclic amines) is 1. The van der Waals surface area contributed by atoms with E-state index in [9.17, 15) is 22.4 Å². The predicted octanol–water partition coefficient (Wildman–Crippen LogP) is 3.19. The molecule has 1 fully saturated rings. The second-order valence-corrected chi connectivity index (χ2v) is 4.71. The monoisotopic (exact) mass is 323 g/mol. The molecule has 0 aromatic heterocycles. The molecule has 1 aromatic rings. The zero-order chi connectivity index (χ0) is 16.3. The van der Waals surface area contributed by atoms with Crippen molar-refractivity contribution in [1.82, 2.24) is 4.90 Å². The van der Waals surface area contributed by atoms with E-state index >= 15 is 0 Å². The lowest BCUT2D eigenvalue weighted by molar-refractivity contribution is -0.274. The van der Waals surface area contributed by atoms with Gasteiger partial charge in [0.2, 0.25) is 0 Å². The molecule has 1 aliphatic rings. The Morgan fingerprint density at radius 3 is 2.68 bits per heavy atom. The summed E-state index contributed by atoms with van der Waals surface area (Å²) in [6.07, 6.45) is -5.97. The number of carboxylic acid groups (broad SMARTS) is 1. The van der Waals surface area contributed by atoms with E-state index < -0.39 is 31.0 Å². The first-order chi connectivity index (χ1) is 10.3. The quantitative estimate of drug-likeness (QED) is 0.865. The first-order valence-corrected chi connectivity index (χ1v) is 6.37. The molecule has 5 nitrogen and oxygen atoms in total. The molecule has 1 amide bonds. The topological polar surface area (TPSA) is 59.0 Å². The summed E-state index contributed by atoms with van der Waals surface area (Å²) in [6.45, 7) is -0.609. The minimum Gasteiger partial charge on any atom is -0.488 e. The summed E-state index contributed by atoms with van der Waals surface area (Å²) in [6, 6.07) is 3.11. The minimum absolute atomic E-state index is 0.0780. The van der Waals surface area contributed by atoms with Crippen LogP contribution in [0.25, 0.3) is 0 Å². The van der Waals surface area contributed by atoms with Gasteiger partial charge in [-0.15, -0.1) is 13.2 Å². The summed E-state index contributed by atoms with van der Waals surface area (Å²) >= 11 is 0. The maximum absolute atomic E-state index is 13.0. The van der Waals surface area contributed by atoms with E-state index in [4.69, 9.17) is 9.84 Å². The zero-order valence-electron chi connectivity index (χ0n) is 11.3. The molecule has 9 heteroatoms. The molecule has 1 aromatic carbocycles. The lowest BCUT2D eigenvalue weighted by atomic mass is 10.2. The summed E-state index contributed by atoms with van der Waals surface area (Å²) in [5.74, 6) is -0.458. The van der Waals surface area contributed by atoms with Crippen molar-refractivity contribution in [2.24, 2.45) is 0 Å². The third-order valence-electron chi connectivity index (χ3n) is 3.12. The van der Waals surface area contributed by atoms with Crippen molar-refractivity contribution in [1.29, 1.82) is 0 Å². The Morgan fingerprint density at radius 1 is 1.41 bits per heavy atom. The van der Waals surface area contributed by atoms with Gasteiger partial charge in [-0.25, -0.2) is 9.18 Å². The maximum atomic E-state index is 13.0. The fourth-order valence-corrected chi connectivity index (χ4v) is 2.15. The van der Waals surface area contributed by atoms with Crippen molar-refractivity contribution in [3.05, 3.63) is 23.8 Å². The van der Waals surface area contributed by atoms with Gasteiger partial charge in [0.1, 0.15) is 24.3 Å². The lowest BCUT2D eigenvalue weighted by Crippen LogP contribution is -2.29. The van der Waals surface area contributed by atoms with E-state index in [1.54, 1.807) is 0 Å². The van der Waals surface area contributed by atoms with Crippen LogP contribution in [0.3, 0.4) is 0 Å².